The lowest BCUT2D eigenvalue weighted by Gasteiger charge is -2.21. The summed E-state index contributed by atoms with van der Waals surface area (Å²) in [6, 6.07) is 6.17. The number of sulfonamides is 2. The third kappa shape index (κ3) is 5.00. The van der Waals surface area contributed by atoms with E-state index in [0.717, 1.165) is 18.4 Å². The van der Waals surface area contributed by atoms with Crippen molar-refractivity contribution in [2.75, 3.05) is 12.8 Å². The van der Waals surface area contributed by atoms with Gasteiger partial charge in [-0.1, -0.05) is 12.1 Å². The monoisotopic (exact) mass is 360 g/mol. The second-order valence-electron chi connectivity index (χ2n) is 6.30. The molecule has 0 saturated heterocycles. The van der Waals surface area contributed by atoms with Gasteiger partial charge < -0.3 is 0 Å². The molecular weight excluding hydrogens is 336 g/mol. The van der Waals surface area contributed by atoms with Crippen LogP contribution >= 0.6 is 0 Å². The predicted octanol–water partition coefficient (Wildman–Crippen LogP) is 1.54. The maximum absolute atomic E-state index is 12.3. The van der Waals surface area contributed by atoms with Crippen molar-refractivity contribution in [3.63, 3.8) is 0 Å². The van der Waals surface area contributed by atoms with Crippen molar-refractivity contribution in [2.45, 2.75) is 44.2 Å². The molecule has 1 fully saturated rings. The van der Waals surface area contributed by atoms with Gasteiger partial charge in [0.15, 0.2) is 0 Å². The van der Waals surface area contributed by atoms with Crippen LogP contribution in [-0.2, 0) is 26.6 Å². The molecule has 2 rings (SSSR count). The number of benzene rings is 1. The summed E-state index contributed by atoms with van der Waals surface area (Å²) in [5, 5.41) is 0. The van der Waals surface area contributed by atoms with Crippen LogP contribution < -0.4 is 4.72 Å². The van der Waals surface area contributed by atoms with E-state index in [1.165, 1.54) is 16.4 Å². The molecule has 1 aliphatic rings. The summed E-state index contributed by atoms with van der Waals surface area (Å²) in [6.45, 7) is 3.79. The Morgan fingerprint density at radius 3 is 2.17 bits per heavy atom. The zero-order valence-electron chi connectivity index (χ0n) is 13.7. The van der Waals surface area contributed by atoms with Crippen molar-refractivity contribution >= 4 is 20.0 Å². The van der Waals surface area contributed by atoms with E-state index in [1.807, 2.05) is 0 Å². The summed E-state index contributed by atoms with van der Waals surface area (Å²) >= 11 is 0. The van der Waals surface area contributed by atoms with Crippen molar-refractivity contribution in [3.8, 4) is 0 Å². The Hall–Kier alpha value is -0.960. The van der Waals surface area contributed by atoms with Gasteiger partial charge in [-0.3, -0.25) is 0 Å². The first-order valence-corrected chi connectivity index (χ1v) is 10.8. The van der Waals surface area contributed by atoms with Crippen LogP contribution in [0.5, 0.6) is 0 Å². The highest BCUT2D eigenvalue weighted by Gasteiger charge is 2.27. The van der Waals surface area contributed by atoms with Gasteiger partial charge in [-0.15, -0.1) is 0 Å². The minimum atomic E-state index is -3.51. The molecule has 0 spiro atoms. The number of nitrogens with one attached hydrogen (secondary N) is 1. The van der Waals surface area contributed by atoms with Crippen LogP contribution in [-0.4, -0.2) is 40.0 Å². The van der Waals surface area contributed by atoms with Gasteiger partial charge in [0.1, 0.15) is 0 Å². The SMILES string of the molecule is CC(C)N(C)S(=O)(=O)c1ccc(CNS(=O)(=O)CC2CC2)cc1. The molecule has 0 heterocycles. The molecule has 1 aliphatic carbocycles. The maximum atomic E-state index is 12.3. The molecule has 1 aromatic carbocycles. The van der Waals surface area contributed by atoms with Gasteiger partial charge in [0, 0.05) is 19.6 Å². The van der Waals surface area contributed by atoms with E-state index in [4.69, 9.17) is 0 Å². The second-order valence-corrected chi connectivity index (χ2v) is 10.2. The van der Waals surface area contributed by atoms with Gasteiger partial charge in [0.05, 0.1) is 10.6 Å². The molecule has 8 heteroatoms. The van der Waals surface area contributed by atoms with E-state index in [0.29, 0.717) is 5.92 Å². The first-order valence-electron chi connectivity index (χ1n) is 7.66. The van der Waals surface area contributed by atoms with E-state index in [9.17, 15) is 16.8 Å². The largest absolute Gasteiger partial charge is 0.243 e. The molecule has 0 aromatic heterocycles. The zero-order valence-corrected chi connectivity index (χ0v) is 15.3. The highest BCUT2D eigenvalue weighted by molar-refractivity contribution is 7.89. The van der Waals surface area contributed by atoms with Gasteiger partial charge in [-0.2, -0.15) is 4.31 Å². The number of hydrogen-bond acceptors (Lipinski definition) is 4. The molecule has 0 aliphatic heterocycles. The molecule has 23 heavy (non-hydrogen) atoms. The van der Waals surface area contributed by atoms with Gasteiger partial charge >= 0.3 is 0 Å². The molecule has 1 saturated carbocycles. The number of hydrogen-bond donors (Lipinski definition) is 1. The second kappa shape index (κ2) is 6.88. The summed E-state index contributed by atoms with van der Waals surface area (Å²) in [4.78, 5) is 0.207. The lowest BCUT2D eigenvalue weighted by Crippen LogP contribution is -2.33. The van der Waals surface area contributed by atoms with E-state index in [1.54, 1.807) is 33.0 Å². The Bertz CT molecular complexity index is 736. The van der Waals surface area contributed by atoms with E-state index < -0.39 is 20.0 Å². The summed E-state index contributed by atoms with van der Waals surface area (Å²) < 4.78 is 52.2. The fourth-order valence-corrected chi connectivity index (χ4v) is 4.90. The highest BCUT2D eigenvalue weighted by Crippen LogP contribution is 2.30. The molecule has 0 unspecified atom stereocenters. The fourth-order valence-electron chi connectivity index (χ4n) is 2.07. The lowest BCUT2D eigenvalue weighted by molar-refractivity contribution is 0.410. The minimum absolute atomic E-state index is 0.131. The normalized spacial score (nSPS) is 16.2. The summed E-state index contributed by atoms with van der Waals surface area (Å²) in [5.74, 6) is 0.477. The smallest absolute Gasteiger partial charge is 0.212 e. The molecule has 0 amide bonds. The molecule has 0 atom stereocenters. The molecule has 0 radical (unpaired) electrons. The third-order valence-corrected chi connectivity index (χ3v) is 7.52. The topological polar surface area (TPSA) is 83.6 Å². The van der Waals surface area contributed by atoms with Crippen LogP contribution in [0, 0.1) is 5.92 Å². The maximum Gasteiger partial charge on any atom is 0.243 e. The van der Waals surface area contributed by atoms with E-state index >= 15 is 0 Å². The molecule has 6 nitrogen and oxygen atoms in total. The first-order chi connectivity index (χ1) is 10.6. The summed E-state index contributed by atoms with van der Waals surface area (Å²) in [7, 11) is -5.23. The third-order valence-electron chi connectivity index (χ3n) is 3.98. The van der Waals surface area contributed by atoms with Crippen LogP contribution in [0.4, 0.5) is 0 Å². The van der Waals surface area contributed by atoms with Crippen molar-refractivity contribution in [2.24, 2.45) is 5.92 Å². The Labute approximate surface area is 139 Å². The molecular formula is C15H24N2O4S2. The Balaban J connectivity index is 2.02. The summed E-state index contributed by atoms with van der Waals surface area (Å²) in [5.41, 5.74) is 0.732. The standard InChI is InChI=1S/C15H24N2O4S2/c1-12(2)17(3)23(20,21)15-8-6-13(7-9-15)10-16-22(18,19)11-14-4-5-14/h6-9,12,14,16H,4-5,10-11H2,1-3H3. The van der Waals surface area contributed by atoms with Crippen LogP contribution in [0.1, 0.15) is 32.3 Å². The quantitative estimate of drug-likeness (QED) is 0.762. The van der Waals surface area contributed by atoms with E-state index in [-0.39, 0.29) is 23.2 Å². The average molecular weight is 361 g/mol. The van der Waals surface area contributed by atoms with Crippen LogP contribution in [0.3, 0.4) is 0 Å². The Kier molecular flexibility index (Phi) is 5.50. The highest BCUT2D eigenvalue weighted by atomic mass is 32.2. The van der Waals surface area contributed by atoms with Crippen molar-refractivity contribution in [1.29, 1.82) is 0 Å². The van der Waals surface area contributed by atoms with Crippen LogP contribution in [0.15, 0.2) is 29.2 Å². The molecule has 1 aromatic rings. The van der Waals surface area contributed by atoms with E-state index in [2.05, 4.69) is 4.72 Å². The Morgan fingerprint density at radius 1 is 1.13 bits per heavy atom. The fraction of sp³-hybridized carbons (Fsp3) is 0.600. The summed E-state index contributed by atoms with van der Waals surface area (Å²) in [6.07, 6.45) is 1.97. The molecule has 130 valence electrons. The average Bonchev–Trinajstić information content (AvgIpc) is 3.28. The van der Waals surface area contributed by atoms with Crippen LogP contribution in [0.2, 0.25) is 0 Å². The number of rotatable bonds is 8. The lowest BCUT2D eigenvalue weighted by atomic mass is 10.2. The van der Waals surface area contributed by atoms with Crippen molar-refractivity contribution in [3.05, 3.63) is 29.8 Å². The molecule has 1 N–H and O–H groups in total. The van der Waals surface area contributed by atoms with Crippen LogP contribution in [0.25, 0.3) is 0 Å². The van der Waals surface area contributed by atoms with Crippen molar-refractivity contribution in [1.82, 2.24) is 9.03 Å². The Morgan fingerprint density at radius 2 is 1.70 bits per heavy atom. The van der Waals surface area contributed by atoms with Crippen molar-refractivity contribution < 1.29 is 16.8 Å². The van der Waals surface area contributed by atoms with Gasteiger partial charge in [-0.05, 0) is 50.3 Å². The predicted molar refractivity (Wildman–Crippen MR) is 89.9 cm³/mol. The molecule has 0 bridgehead atoms. The van der Waals surface area contributed by atoms with Gasteiger partial charge in [0.25, 0.3) is 0 Å². The first kappa shape index (κ1) is 18.4. The minimum Gasteiger partial charge on any atom is -0.212 e. The number of nitrogens with zero attached hydrogens (tertiary/aromatic N) is 1. The van der Waals surface area contributed by atoms with Gasteiger partial charge in [0.2, 0.25) is 20.0 Å². The van der Waals surface area contributed by atoms with Gasteiger partial charge in [-0.25, -0.2) is 21.6 Å². The zero-order chi connectivity index (χ0) is 17.3.